The number of amidine groups is 1. The fourth-order valence-electron chi connectivity index (χ4n) is 3.29. The van der Waals surface area contributed by atoms with Crippen LogP contribution in [-0.4, -0.2) is 12.9 Å². The number of aliphatic imine (C=N–C) groups is 1. The highest BCUT2D eigenvalue weighted by Crippen LogP contribution is 2.25. The molecule has 0 spiro atoms. The van der Waals surface area contributed by atoms with Gasteiger partial charge in [-0.15, -0.1) is 6.58 Å². The summed E-state index contributed by atoms with van der Waals surface area (Å²) in [7, 11) is 1.79. The summed E-state index contributed by atoms with van der Waals surface area (Å²) in [5, 5.41) is 6.68. The highest BCUT2D eigenvalue weighted by Gasteiger charge is 2.13. The van der Waals surface area contributed by atoms with Gasteiger partial charge in [-0.1, -0.05) is 63.3 Å². The molecule has 0 saturated carbocycles. The molecular weight excluding hydrogens is 428 g/mol. The van der Waals surface area contributed by atoms with E-state index in [4.69, 9.17) is 5.73 Å². The fourth-order valence-corrected chi connectivity index (χ4v) is 3.29. The average Bonchev–Trinajstić information content (AvgIpc) is 2.78. The van der Waals surface area contributed by atoms with Gasteiger partial charge >= 0.3 is 0 Å². The summed E-state index contributed by atoms with van der Waals surface area (Å²) in [5.74, 6) is 0.818. The molecule has 0 aromatic heterocycles. The lowest BCUT2D eigenvalue weighted by Gasteiger charge is -2.20. The second-order valence-corrected chi connectivity index (χ2v) is 10.2. The van der Waals surface area contributed by atoms with Crippen molar-refractivity contribution >= 4 is 11.5 Å². The first-order valence-electron chi connectivity index (χ1n) is 12.2. The van der Waals surface area contributed by atoms with Gasteiger partial charge in [0.2, 0.25) is 0 Å². The molecule has 35 heavy (non-hydrogen) atoms. The number of nitrogens with zero attached hydrogens (tertiary/aromatic N) is 1. The Morgan fingerprint density at radius 1 is 1.03 bits per heavy atom. The monoisotopic (exact) mass is 474 g/mol. The van der Waals surface area contributed by atoms with Crippen molar-refractivity contribution in [3.05, 3.63) is 101 Å². The van der Waals surface area contributed by atoms with Gasteiger partial charge in [-0.3, -0.25) is 4.99 Å². The first kappa shape index (κ1) is 29.8. The predicted molar refractivity (Wildman–Crippen MR) is 156 cm³/mol. The van der Waals surface area contributed by atoms with Gasteiger partial charge in [0.1, 0.15) is 5.84 Å². The lowest BCUT2D eigenvalue weighted by Crippen LogP contribution is -2.23. The lowest BCUT2D eigenvalue weighted by atomic mass is 9.87. The topological polar surface area (TPSA) is 62.4 Å². The van der Waals surface area contributed by atoms with E-state index in [9.17, 15) is 0 Å². The number of rotatable bonds is 11. The molecular formula is C31H46N4. The van der Waals surface area contributed by atoms with Gasteiger partial charge in [-0.2, -0.15) is 0 Å². The first-order chi connectivity index (χ1) is 16.3. The van der Waals surface area contributed by atoms with E-state index in [2.05, 4.69) is 87.3 Å². The Hall–Kier alpha value is -3.27. The number of hydrogen-bond donors (Lipinski definition) is 3. The normalized spacial score (nSPS) is 13.8. The quantitative estimate of drug-likeness (QED) is 0.133. The molecule has 4 N–H and O–H groups in total. The molecule has 0 amide bonds. The Balaban J connectivity index is 2.81. The highest BCUT2D eigenvalue weighted by atomic mass is 15.0. The van der Waals surface area contributed by atoms with Gasteiger partial charge in [0.05, 0.1) is 11.4 Å². The Labute approximate surface area is 214 Å². The van der Waals surface area contributed by atoms with E-state index in [0.717, 1.165) is 41.2 Å². The number of hydrogen-bond acceptors (Lipinski definition) is 3. The Morgan fingerprint density at radius 2 is 1.63 bits per heavy atom. The maximum Gasteiger partial charge on any atom is 0.124 e. The van der Waals surface area contributed by atoms with Crippen molar-refractivity contribution in [3.8, 4) is 0 Å². The summed E-state index contributed by atoms with van der Waals surface area (Å²) >= 11 is 0. The van der Waals surface area contributed by atoms with Crippen LogP contribution < -0.4 is 16.4 Å². The lowest BCUT2D eigenvalue weighted by molar-refractivity contribution is 0.504. The van der Waals surface area contributed by atoms with Gasteiger partial charge in [-0.25, -0.2) is 0 Å². The Bertz CT molecular complexity index is 1040. The van der Waals surface area contributed by atoms with E-state index >= 15 is 0 Å². The maximum absolute atomic E-state index is 6.43. The molecule has 1 aromatic rings. The van der Waals surface area contributed by atoms with Crippen LogP contribution in [0.5, 0.6) is 0 Å². The minimum Gasteiger partial charge on any atom is -0.397 e. The van der Waals surface area contributed by atoms with Crippen molar-refractivity contribution in [1.82, 2.24) is 5.32 Å². The van der Waals surface area contributed by atoms with Crippen LogP contribution in [0, 0.1) is 5.41 Å². The number of anilines is 1. The van der Waals surface area contributed by atoms with Crippen LogP contribution >= 0.6 is 0 Å². The van der Waals surface area contributed by atoms with Crippen molar-refractivity contribution in [2.75, 3.05) is 12.4 Å². The molecule has 0 atom stereocenters. The molecule has 4 heteroatoms. The van der Waals surface area contributed by atoms with E-state index < -0.39 is 0 Å². The Morgan fingerprint density at radius 3 is 2.11 bits per heavy atom. The zero-order valence-corrected chi connectivity index (χ0v) is 23.2. The van der Waals surface area contributed by atoms with E-state index in [1.165, 1.54) is 16.7 Å². The number of allylic oxidation sites excluding steroid dienone is 6. The maximum atomic E-state index is 6.43. The van der Waals surface area contributed by atoms with Gasteiger partial charge in [-0.05, 0) is 80.9 Å². The van der Waals surface area contributed by atoms with Gasteiger partial charge in [0, 0.05) is 24.9 Å². The van der Waals surface area contributed by atoms with Crippen molar-refractivity contribution in [3.63, 3.8) is 0 Å². The zero-order chi connectivity index (χ0) is 26.8. The minimum absolute atomic E-state index is 0.0991. The van der Waals surface area contributed by atoms with Crippen molar-refractivity contribution in [2.45, 2.75) is 67.7 Å². The van der Waals surface area contributed by atoms with Crippen LogP contribution in [0.2, 0.25) is 0 Å². The molecule has 0 aliphatic carbocycles. The fraction of sp³-hybridized carbons (Fsp3) is 0.387. The van der Waals surface area contributed by atoms with E-state index in [0.29, 0.717) is 17.8 Å². The summed E-state index contributed by atoms with van der Waals surface area (Å²) in [5.41, 5.74) is 15.6. The van der Waals surface area contributed by atoms with Crippen molar-refractivity contribution < 1.29 is 0 Å². The van der Waals surface area contributed by atoms with E-state index in [1.807, 2.05) is 32.9 Å². The van der Waals surface area contributed by atoms with E-state index in [-0.39, 0.29) is 5.41 Å². The molecule has 1 rings (SSSR count). The van der Waals surface area contributed by atoms with Crippen LogP contribution in [-0.2, 0) is 6.42 Å². The summed E-state index contributed by atoms with van der Waals surface area (Å²) < 4.78 is 0. The predicted octanol–water partition coefficient (Wildman–Crippen LogP) is 7.81. The first-order valence-corrected chi connectivity index (χ1v) is 12.2. The largest absolute Gasteiger partial charge is 0.397 e. The highest BCUT2D eigenvalue weighted by molar-refractivity contribution is 5.94. The molecule has 4 nitrogen and oxygen atoms in total. The third kappa shape index (κ3) is 10.3. The zero-order valence-electron chi connectivity index (χ0n) is 23.2. The third-order valence-corrected chi connectivity index (χ3v) is 6.13. The van der Waals surface area contributed by atoms with Gasteiger partial charge in [0.25, 0.3) is 0 Å². The van der Waals surface area contributed by atoms with Crippen LogP contribution in [0.1, 0.15) is 66.9 Å². The minimum atomic E-state index is 0.0991. The molecule has 0 fully saturated rings. The van der Waals surface area contributed by atoms with Crippen molar-refractivity contribution in [2.24, 2.45) is 16.1 Å². The molecule has 0 bridgehead atoms. The number of nitrogens with two attached hydrogens (primary N) is 1. The van der Waals surface area contributed by atoms with Crippen molar-refractivity contribution in [1.29, 1.82) is 0 Å². The summed E-state index contributed by atoms with van der Waals surface area (Å²) in [6.07, 6.45) is 6.78. The molecule has 0 radical (unpaired) electrons. The molecule has 0 aliphatic rings. The second kappa shape index (κ2) is 13.6. The Kier molecular flexibility index (Phi) is 11.5. The number of benzene rings is 1. The summed E-state index contributed by atoms with van der Waals surface area (Å²) in [6, 6.07) is 8.23. The SMILES string of the molecule is C=C(C)CCC(=C\C)/C(C)=C(\N)C(=C)Nc1ccc(CC(=C)NC(/C=C(\C)C(C)(C)C)=NC)cc1. The molecule has 0 unspecified atom stereocenters. The third-order valence-electron chi connectivity index (χ3n) is 6.13. The second-order valence-electron chi connectivity index (χ2n) is 10.2. The van der Waals surface area contributed by atoms with Crippen LogP contribution in [0.25, 0.3) is 0 Å². The summed E-state index contributed by atoms with van der Waals surface area (Å²) in [4.78, 5) is 4.36. The van der Waals surface area contributed by atoms with Crippen LogP contribution in [0.4, 0.5) is 5.69 Å². The van der Waals surface area contributed by atoms with Gasteiger partial charge in [0.15, 0.2) is 0 Å². The molecule has 0 heterocycles. The van der Waals surface area contributed by atoms with Crippen LogP contribution in [0.15, 0.2) is 101 Å². The van der Waals surface area contributed by atoms with Crippen LogP contribution in [0.3, 0.4) is 0 Å². The molecule has 1 aromatic carbocycles. The van der Waals surface area contributed by atoms with Gasteiger partial charge < -0.3 is 16.4 Å². The molecule has 190 valence electrons. The van der Waals surface area contributed by atoms with E-state index in [1.54, 1.807) is 7.05 Å². The standard InChI is InChI=1S/C31H46N4/c1-12-27(16-13-21(2)3)24(6)30(32)25(7)35-28-17-14-26(15-18-28)20-23(5)34-29(33-11)19-22(4)31(8,9)10/h12,14-15,17-19,35H,2,5,7,13,16,20,32H2,1,3-4,6,8-11H3,(H,33,34)/b22-19+,27-12+,30-24-. The average molecular weight is 475 g/mol. The molecule has 0 saturated heterocycles. The number of nitrogens with one attached hydrogen (secondary N) is 2. The smallest absolute Gasteiger partial charge is 0.124 e. The summed E-state index contributed by atoms with van der Waals surface area (Å²) in [6.45, 7) is 27.2. The molecule has 0 aliphatic heterocycles.